The molecular formula is C12H19N3O4S. The van der Waals surface area contributed by atoms with Crippen LogP contribution in [0, 0.1) is 0 Å². The van der Waals surface area contributed by atoms with Crippen molar-refractivity contribution in [3.05, 3.63) is 23.9 Å². The van der Waals surface area contributed by atoms with Gasteiger partial charge in [0.2, 0.25) is 0 Å². The zero-order valence-corrected chi connectivity index (χ0v) is 12.4. The van der Waals surface area contributed by atoms with Gasteiger partial charge in [-0.15, -0.1) is 0 Å². The average Bonchev–Trinajstić information content (AvgIpc) is 2.44. The second kappa shape index (κ2) is 6.78. The zero-order valence-electron chi connectivity index (χ0n) is 11.6. The molecule has 0 aliphatic heterocycles. The maximum atomic E-state index is 11.9. The van der Waals surface area contributed by atoms with E-state index in [1.165, 1.54) is 25.4 Å². The lowest BCUT2D eigenvalue weighted by Gasteiger charge is -2.19. The number of nitrogens with one attached hydrogen (secondary N) is 2. The van der Waals surface area contributed by atoms with Crippen molar-refractivity contribution < 1.29 is 18.3 Å². The van der Waals surface area contributed by atoms with Crippen LogP contribution in [0.25, 0.3) is 0 Å². The van der Waals surface area contributed by atoms with Crippen LogP contribution in [0.1, 0.15) is 30.6 Å². The molecule has 3 N–H and O–H groups in total. The van der Waals surface area contributed by atoms with Crippen molar-refractivity contribution in [2.75, 3.05) is 7.05 Å². The number of aliphatic hydroxyl groups is 1. The summed E-state index contributed by atoms with van der Waals surface area (Å²) in [5, 5.41) is 12.0. The third-order valence-electron chi connectivity index (χ3n) is 2.88. The monoisotopic (exact) mass is 301 g/mol. The molecule has 0 radical (unpaired) electrons. The van der Waals surface area contributed by atoms with Crippen molar-refractivity contribution in [1.82, 2.24) is 15.0 Å². The van der Waals surface area contributed by atoms with Gasteiger partial charge in [-0.1, -0.05) is 6.92 Å². The minimum absolute atomic E-state index is 0.154. The summed E-state index contributed by atoms with van der Waals surface area (Å²) in [6.45, 7) is 3.44. The lowest BCUT2D eigenvalue weighted by atomic mass is 10.1. The van der Waals surface area contributed by atoms with Crippen LogP contribution in [0.3, 0.4) is 0 Å². The number of pyridine rings is 1. The van der Waals surface area contributed by atoms with E-state index in [0.29, 0.717) is 6.42 Å². The summed E-state index contributed by atoms with van der Waals surface area (Å²) in [7, 11) is -2.33. The number of aromatic nitrogens is 1. The molecule has 0 bridgehead atoms. The highest BCUT2D eigenvalue weighted by atomic mass is 32.2. The highest BCUT2D eigenvalue weighted by molar-refractivity contribution is 7.89. The molecule has 8 heteroatoms. The maximum Gasteiger partial charge on any atom is 0.257 e. The van der Waals surface area contributed by atoms with Gasteiger partial charge in [-0.3, -0.25) is 4.79 Å². The van der Waals surface area contributed by atoms with Crippen LogP contribution in [0.15, 0.2) is 23.4 Å². The first-order chi connectivity index (χ1) is 9.31. The molecule has 0 fully saturated rings. The van der Waals surface area contributed by atoms with Crippen molar-refractivity contribution in [3.8, 4) is 0 Å². The van der Waals surface area contributed by atoms with Gasteiger partial charge in [0.25, 0.3) is 15.9 Å². The maximum absolute atomic E-state index is 11.9. The molecule has 7 nitrogen and oxygen atoms in total. The van der Waals surface area contributed by atoms with Gasteiger partial charge >= 0.3 is 0 Å². The van der Waals surface area contributed by atoms with E-state index >= 15 is 0 Å². The molecule has 0 saturated carbocycles. The third-order valence-corrected chi connectivity index (χ3v) is 4.21. The van der Waals surface area contributed by atoms with Gasteiger partial charge in [0, 0.05) is 6.20 Å². The fraction of sp³-hybridized carbons (Fsp3) is 0.500. The number of hydrogen-bond donors (Lipinski definition) is 3. The highest BCUT2D eigenvalue weighted by Gasteiger charge is 2.18. The van der Waals surface area contributed by atoms with Crippen LogP contribution in [0.5, 0.6) is 0 Å². The predicted molar refractivity (Wildman–Crippen MR) is 73.7 cm³/mol. The Labute approximate surface area is 118 Å². The van der Waals surface area contributed by atoms with E-state index in [4.69, 9.17) is 0 Å². The first-order valence-electron chi connectivity index (χ1n) is 6.20. The second-order valence-corrected chi connectivity index (χ2v) is 6.15. The van der Waals surface area contributed by atoms with E-state index in [0.717, 1.165) is 0 Å². The quantitative estimate of drug-likeness (QED) is 0.679. The van der Waals surface area contributed by atoms with Gasteiger partial charge in [0.05, 0.1) is 17.7 Å². The van der Waals surface area contributed by atoms with Gasteiger partial charge < -0.3 is 10.4 Å². The molecule has 0 spiro atoms. The van der Waals surface area contributed by atoms with E-state index in [-0.39, 0.29) is 16.6 Å². The summed E-state index contributed by atoms with van der Waals surface area (Å²) in [5.74, 6) is -0.404. The zero-order chi connectivity index (χ0) is 15.3. The van der Waals surface area contributed by atoms with Crippen molar-refractivity contribution in [2.45, 2.75) is 37.4 Å². The molecule has 1 rings (SSSR count). The van der Waals surface area contributed by atoms with Gasteiger partial charge in [-0.25, -0.2) is 18.1 Å². The van der Waals surface area contributed by atoms with E-state index < -0.39 is 22.0 Å². The molecule has 0 saturated heterocycles. The van der Waals surface area contributed by atoms with Crippen LogP contribution >= 0.6 is 0 Å². The molecule has 0 aliphatic rings. The molecule has 1 heterocycles. The summed E-state index contributed by atoms with van der Waals surface area (Å²) in [6, 6.07) is 2.27. The van der Waals surface area contributed by atoms with Gasteiger partial charge in [-0.05, 0) is 32.5 Å². The lowest BCUT2D eigenvalue weighted by Crippen LogP contribution is -2.41. The van der Waals surface area contributed by atoms with Crippen LogP contribution in [0.2, 0.25) is 0 Å². The molecule has 1 amide bonds. The number of hydrogen-bond acceptors (Lipinski definition) is 5. The van der Waals surface area contributed by atoms with E-state index in [2.05, 4.69) is 15.0 Å². The Morgan fingerprint density at radius 1 is 1.45 bits per heavy atom. The van der Waals surface area contributed by atoms with E-state index in [9.17, 15) is 18.3 Å². The number of rotatable bonds is 6. The number of aliphatic hydroxyl groups excluding tert-OH is 1. The van der Waals surface area contributed by atoms with Crippen LogP contribution in [-0.2, 0) is 10.0 Å². The highest BCUT2D eigenvalue weighted by Crippen LogP contribution is 2.07. The Balaban J connectivity index is 2.86. The lowest BCUT2D eigenvalue weighted by molar-refractivity contribution is 0.0854. The summed E-state index contributed by atoms with van der Waals surface area (Å²) in [5.41, 5.74) is 0.235. The minimum Gasteiger partial charge on any atom is -0.391 e. The smallest absolute Gasteiger partial charge is 0.257 e. The number of amides is 1. The Morgan fingerprint density at radius 3 is 2.50 bits per heavy atom. The molecule has 112 valence electrons. The molecule has 0 aliphatic carbocycles. The number of nitrogens with zero attached hydrogens (tertiary/aromatic N) is 1. The van der Waals surface area contributed by atoms with Crippen molar-refractivity contribution in [1.29, 1.82) is 0 Å². The number of sulfonamides is 1. The summed E-state index contributed by atoms with van der Waals surface area (Å²) < 4.78 is 25.1. The third kappa shape index (κ3) is 3.99. The second-order valence-electron chi connectivity index (χ2n) is 4.32. The summed E-state index contributed by atoms with van der Waals surface area (Å²) in [4.78, 5) is 15.7. The molecular weight excluding hydrogens is 282 g/mol. The summed E-state index contributed by atoms with van der Waals surface area (Å²) >= 11 is 0. The van der Waals surface area contributed by atoms with Crippen molar-refractivity contribution in [2.24, 2.45) is 0 Å². The minimum atomic E-state index is -3.61. The first-order valence-corrected chi connectivity index (χ1v) is 7.68. The van der Waals surface area contributed by atoms with Gasteiger partial charge in [0.15, 0.2) is 5.03 Å². The molecule has 1 aromatic rings. The van der Waals surface area contributed by atoms with Gasteiger partial charge in [0.1, 0.15) is 0 Å². The SMILES string of the molecule is CCC(NC(=O)c1ccc(S(=O)(=O)NC)nc1)C(C)O. The Hall–Kier alpha value is -1.51. The van der Waals surface area contributed by atoms with Crippen molar-refractivity contribution in [3.63, 3.8) is 0 Å². The van der Waals surface area contributed by atoms with Crippen molar-refractivity contribution >= 4 is 15.9 Å². The summed E-state index contributed by atoms with van der Waals surface area (Å²) in [6.07, 6.45) is 1.11. The standard InChI is InChI=1S/C12H19N3O4S/c1-4-10(8(2)16)15-12(17)9-5-6-11(14-7-9)20(18,19)13-3/h5-8,10,13,16H,4H2,1-3H3,(H,15,17). The predicted octanol–water partition coefficient (Wildman–Crippen LogP) is -0.121. The van der Waals surface area contributed by atoms with Crippen LogP contribution in [0.4, 0.5) is 0 Å². The molecule has 2 atom stereocenters. The normalized spacial score (nSPS) is 14.6. The number of carbonyl (C=O) groups is 1. The van der Waals surface area contributed by atoms with Crippen LogP contribution < -0.4 is 10.0 Å². The average molecular weight is 301 g/mol. The largest absolute Gasteiger partial charge is 0.391 e. The molecule has 20 heavy (non-hydrogen) atoms. The Bertz CT molecular complexity index is 555. The van der Waals surface area contributed by atoms with E-state index in [1.54, 1.807) is 6.92 Å². The molecule has 2 unspecified atom stereocenters. The van der Waals surface area contributed by atoms with Gasteiger partial charge in [-0.2, -0.15) is 0 Å². The Morgan fingerprint density at radius 2 is 2.10 bits per heavy atom. The first kappa shape index (κ1) is 16.5. The molecule has 0 aromatic carbocycles. The molecule has 1 aromatic heterocycles. The van der Waals surface area contributed by atoms with Crippen LogP contribution in [-0.4, -0.2) is 43.6 Å². The number of carbonyl (C=O) groups excluding carboxylic acids is 1. The fourth-order valence-corrected chi connectivity index (χ4v) is 2.24. The Kier molecular flexibility index (Phi) is 5.61. The van der Waals surface area contributed by atoms with E-state index in [1.807, 2.05) is 6.92 Å². The topological polar surface area (TPSA) is 108 Å². The fourth-order valence-electron chi connectivity index (χ4n) is 1.59.